The van der Waals surface area contributed by atoms with Crippen LogP contribution in [0.3, 0.4) is 0 Å². The zero-order chi connectivity index (χ0) is 14.7. The minimum Gasteiger partial charge on any atom is -0.325 e. The van der Waals surface area contributed by atoms with Crippen molar-refractivity contribution in [1.82, 2.24) is 0 Å². The van der Waals surface area contributed by atoms with Gasteiger partial charge in [0, 0.05) is 21.6 Å². The molecular formula is C17H16ClNOS. The van der Waals surface area contributed by atoms with Crippen LogP contribution in [-0.4, -0.2) is 5.91 Å². The number of anilines is 1. The highest BCUT2D eigenvalue weighted by Gasteiger charge is 2.29. The first-order valence-corrected chi connectivity index (χ1v) is 8.36. The summed E-state index contributed by atoms with van der Waals surface area (Å²) in [6.07, 6.45) is 2.04. The van der Waals surface area contributed by atoms with E-state index in [1.165, 1.54) is 5.56 Å². The van der Waals surface area contributed by atoms with Crippen LogP contribution in [0.1, 0.15) is 18.4 Å². The van der Waals surface area contributed by atoms with Crippen molar-refractivity contribution in [2.75, 3.05) is 5.32 Å². The topological polar surface area (TPSA) is 29.1 Å². The lowest BCUT2D eigenvalue weighted by Crippen LogP contribution is -2.13. The zero-order valence-electron chi connectivity index (χ0n) is 11.5. The number of thioether (sulfide) groups is 1. The van der Waals surface area contributed by atoms with Crippen LogP contribution in [0.5, 0.6) is 0 Å². The Kier molecular flexibility index (Phi) is 4.51. The smallest absolute Gasteiger partial charge is 0.227 e. The Hall–Kier alpha value is -1.45. The molecule has 21 heavy (non-hydrogen) atoms. The summed E-state index contributed by atoms with van der Waals surface area (Å²) < 4.78 is 0. The van der Waals surface area contributed by atoms with Gasteiger partial charge < -0.3 is 5.32 Å². The average molecular weight is 318 g/mol. The van der Waals surface area contributed by atoms with Gasteiger partial charge in [-0.2, -0.15) is 0 Å². The number of rotatable bonds is 5. The van der Waals surface area contributed by atoms with Crippen LogP contribution in [0.15, 0.2) is 53.4 Å². The van der Waals surface area contributed by atoms with Crippen molar-refractivity contribution in [1.29, 1.82) is 0 Å². The van der Waals surface area contributed by atoms with Crippen LogP contribution in [0.25, 0.3) is 0 Å². The predicted octanol–water partition coefficient (Wildman–Crippen LogP) is 4.98. The number of nitrogens with one attached hydrogen (secondary N) is 1. The summed E-state index contributed by atoms with van der Waals surface area (Å²) in [5, 5.41) is 3.79. The Bertz CT molecular complexity index is 637. The van der Waals surface area contributed by atoms with Crippen molar-refractivity contribution >= 4 is 35.0 Å². The standard InChI is InChI=1S/C17H16ClNOS/c18-14-9-5-12(6-10-14)11-21-16-4-2-1-3-15(16)19-17(20)13-7-8-13/h1-6,9-10,13H,7-8,11H2,(H,19,20). The summed E-state index contributed by atoms with van der Waals surface area (Å²) >= 11 is 7.61. The van der Waals surface area contributed by atoms with E-state index in [9.17, 15) is 4.79 Å². The minimum atomic E-state index is 0.148. The number of carbonyl (C=O) groups excluding carboxylic acids is 1. The molecule has 0 bridgehead atoms. The summed E-state index contributed by atoms with van der Waals surface area (Å²) in [4.78, 5) is 13.0. The van der Waals surface area contributed by atoms with Gasteiger partial charge >= 0.3 is 0 Å². The van der Waals surface area contributed by atoms with Gasteiger partial charge in [-0.1, -0.05) is 35.9 Å². The fourth-order valence-electron chi connectivity index (χ4n) is 2.02. The van der Waals surface area contributed by atoms with E-state index in [4.69, 9.17) is 11.6 Å². The number of amides is 1. The fourth-order valence-corrected chi connectivity index (χ4v) is 3.11. The molecule has 1 fully saturated rings. The fraction of sp³-hybridized carbons (Fsp3) is 0.235. The molecule has 2 nitrogen and oxygen atoms in total. The van der Waals surface area contributed by atoms with Gasteiger partial charge in [-0.3, -0.25) is 4.79 Å². The molecule has 3 rings (SSSR count). The van der Waals surface area contributed by atoms with E-state index in [1.54, 1.807) is 11.8 Å². The van der Waals surface area contributed by atoms with E-state index < -0.39 is 0 Å². The summed E-state index contributed by atoms with van der Waals surface area (Å²) in [5.74, 6) is 1.22. The molecule has 1 aliphatic rings. The normalized spacial score (nSPS) is 14.0. The van der Waals surface area contributed by atoms with Gasteiger partial charge in [-0.15, -0.1) is 11.8 Å². The van der Waals surface area contributed by atoms with Crippen molar-refractivity contribution in [3.63, 3.8) is 0 Å². The molecule has 1 amide bonds. The number of halogens is 1. The third-order valence-electron chi connectivity index (χ3n) is 3.40. The van der Waals surface area contributed by atoms with Crippen molar-refractivity contribution in [3.05, 3.63) is 59.1 Å². The number of para-hydroxylation sites is 1. The Labute approximate surface area is 133 Å². The van der Waals surface area contributed by atoms with Gasteiger partial charge in [-0.05, 0) is 42.7 Å². The lowest BCUT2D eigenvalue weighted by Gasteiger charge is -2.10. The van der Waals surface area contributed by atoms with E-state index in [2.05, 4.69) is 5.32 Å². The molecule has 1 saturated carbocycles. The Morgan fingerprint density at radius 1 is 1.14 bits per heavy atom. The van der Waals surface area contributed by atoms with Gasteiger partial charge in [0.1, 0.15) is 0 Å². The highest BCUT2D eigenvalue weighted by Crippen LogP contribution is 2.33. The Morgan fingerprint density at radius 3 is 2.57 bits per heavy atom. The van der Waals surface area contributed by atoms with Crippen LogP contribution in [0.4, 0.5) is 5.69 Å². The maximum atomic E-state index is 11.9. The van der Waals surface area contributed by atoms with Crippen LogP contribution in [-0.2, 0) is 10.5 Å². The van der Waals surface area contributed by atoms with Crippen LogP contribution in [0.2, 0.25) is 5.02 Å². The number of carbonyl (C=O) groups is 1. The molecule has 2 aromatic rings. The molecule has 108 valence electrons. The first-order chi connectivity index (χ1) is 10.2. The van der Waals surface area contributed by atoms with Crippen molar-refractivity contribution in [2.45, 2.75) is 23.5 Å². The second kappa shape index (κ2) is 6.54. The quantitative estimate of drug-likeness (QED) is 0.788. The lowest BCUT2D eigenvalue weighted by atomic mass is 10.2. The molecule has 0 radical (unpaired) electrons. The van der Waals surface area contributed by atoms with Crippen LogP contribution >= 0.6 is 23.4 Å². The van der Waals surface area contributed by atoms with E-state index in [-0.39, 0.29) is 11.8 Å². The van der Waals surface area contributed by atoms with Crippen molar-refractivity contribution in [3.8, 4) is 0 Å². The highest BCUT2D eigenvalue weighted by molar-refractivity contribution is 7.98. The molecular weight excluding hydrogens is 302 g/mol. The molecule has 0 aliphatic heterocycles. The third-order valence-corrected chi connectivity index (χ3v) is 4.80. The first-order valence-electron chi connectivity index (χ1n) is 6.99. The molecule has 0 saturated heterocycles. The molecule has 0 aromatic heterocycles. The Balaban J connectivity index is 1.66. The molecule has 0 spiro atoms. The first kappa shape index (κ1) is 14.5. The maximum Gasteiger partial charge on any atom is 0.227 e. The minimum absolute atomic E-state index is 0.148. The van der Waals surface area contributed by atoms with Gasteiger partial charge in [0.25, 0.3) is 0 Å². The second-order valence-electron chi connectivity index (χ2n) is 5.17. The third kappa shape index (κ3) is 4.02. The summed E-state index contributed by atoms with van der Waals surface area (Å²) in [7, 11) is 0. The van der Waals surface area contributed by atoms with Gasteiger partial charge in [0.15, 0.2) is 0 Å². The van der Waals surface area contributed by atoms with Crippen LogP contribution < -0.4 is 5.32 Å². The number of benzene rings is 2. The molecule has 0 heterocycles. The van der Waals surface area contributed by atoms with E-state index in [0.717, 1.165) is 34.2 Å². The van der Waals surface area contributed by atoms with E-state index in [1.807, 2.05) is 48.5 Å². The van der Waals surface area contributed by atoms with Gasteiger partial charge in [-0.25, -0.2) is 0 Å². The molecule has 4 heteroatoms. The molecule has 1 N–H and O–H groups in total. The summed E-state index contributed by atoms with van der Waals surface area (Å²) in [6.45, 7) is 0. The largest absolute Gasteiger partial charge is 0.325 e. The van der Waals surface area contributed by atoms with E-state index >= 15 is 0 Å². The maximum absolute atomic E-state index is 11.9. The number of hydrogen-bond acceptors (Lipinski definition) is 2. The monoisotopic (exact) mass is 317 g/mol. The second-order valence-corrected chi connectivity index (χ2v) is 6.63. The van der Waals surface area contributed by atoms with E-state index in [0.29, 0.717) is 0 Å². The average Bonchev–Trinajstić information content (AvgIpc) is 3.33. The molecule has 0 atom stereocenters. The van der Waals surface area contributed by atoms with Crippen molar-refractivity contribution < 1.29 is 4.79 Å². The molecule has 2 aromatic carbocycles. The Morgan fingerprint density at radius 2 is 1.86 bits per heavy atom. The number of hydrogen-bond donors (Lipinski definition) is 1. The van der Waals surface area contributed by atoms with Gasteiger partial charge in [0.2, 0.25) is 5.91 Å². The van der Waals surface area contributed by atoms with Crippen LogP contribution in [0, 0.1) is 5.92 Å². The molecule has 0 unspecified atom stereocenters. The molecule has 1 aliphatic carbocycles. The highest BCUT2D eigenvalue weighted by atomic mass is 35.5. The van der Waals surface area contributed by atoms with Crippen molar-refractivity contribution in [2.24, 2.45) is 5.92 Å². The predicted molar refractivity (Wildman–Crippen MR) is 88.8 cm³/mol. The summed E-state index contributed by atoms with van der Waals surface area (Å²) in [6, 6.07) is 15.8. The zero-order valence-corrected chi connectivity index (χ0v) is 13.1. The lowest BCUT2D eigenvalue weighted by molar-refractivity contribution is -0.117. The SMILES string of the molecule is O=C(Nc1ccccc1SCc1ccc(Cl)cc1)C1CC1. The summed E-state index contributed by atoms with van der Waals surface area (Å²) in [5.41, 5.74) is 2.13. The van der Waals surface area contributed by atoms with Gasteiger partial charge in [0.05, 0.1) is 5.69 Å².